The van der Waals surface area contributed by atoms with Crippen molar-refractivity contribution < 1.29 is 23.5 Å². The van der Waals surface area contributed by atoms with E-state index in [4.69, 9.17) is 9.15 Å². The molecule has 0 saturated heterocycles. The number of ketones is 1. The predicted molar refractivity (Wildman–Crippen MR) is 156 cm³/mol. The van der Waals surface area contributed by atoms with Crippen molar-refractivity contribution in [1.29, 1.82) is 0 Å². The molecule has 1 aromatic heterocycles. The molecular formula is C33H35N3O5. The lowest BCUT2D eigenvalue weighted by atomic mass is 9.91. The smallest absolute Gasteiger partial charge is 0.407 e. The Kier molecular flexibility index (Phi) is 10.8. The zero-order valence-corrected chi connectivity index (χ0v) is 23.1. The van der Waals surface area contributed by atoms with Crippen LogP contribution >= 0.6 is 0 Å². The SMILES string of the molecule is CC(CCNC(=O)OCc1ccccc1)CC(=O)NCCC(C(=O)c1ncc(-c2ccccc2)o1)c1ccccc1. The average molecular weight is 554 g/mol. The zero-order chi connectivity index (χ0) is 28.9. The number of alkyl carbamates (subject to hydrolysis) is 1. The van der Waals surface area contributed by atoms with Crippen molar-refractivity contribution in [3.05, 3.63) is 114 Å². The third kappa shape index (κ3) is 9.17. The van der Waals surface area contributed by atoms with E-state index < -0.39 is 12.0 Å². The van der Waals surface area contributed by atoms with Crippen LogP contribution in [0.4, 0.5) is 4.79 Å². The Balaban J connectivity index is 1.22. The third-order valence-corrected chi connectivity index (χ3v) is 6.70. The number of ether oxygens (including phenoxy) is 1. The van der Waals surface area contributed by atoms with Crippen molar-refractivity contribution in [3.8, 4) is 11.3 Å². The molecular weight excluding hydrogens is 518 g/mol. The Labute approximate surface area is 240 Å². The summed E-state index contributed by atoms with van der Waals surface area (Å²) in [5.41, 5.74) is 2.60. The first kappa shape index (κ1) is 29.3. The molecule has 2 atom stereocenters. The molecule has 41 heavy (non-hydrogen) atoms. The number of carbonyl (C=O) groups excluding carboxylic acids is 3. The average Bonchev–Trinajstić information content (AvgIpc) is 3.50. The van der Waals surface area contributed by atoms with Gasteiger partial charge in [-0.1, -0.05) is 97.9 Å². The molecule has 0 aliphatic rings. The van der Waals surface area contributed by atoms with Gasteiger partial charge in [-0.2, -0.15) is 0 Å². The maximum atomic E-state index is 13.4. The molecule has 4 rings (SSSR count). The summed E-state index contributed by atoms with van der Waals surface area (Å²) in [5, 5.41) is 5.66. The van der Waals surface area contributed by atoms with Gasteiger partial charge in [-0.3, -0.25) is 9.59 Å². The first-order valence-corrected chi connectivity index (χ1v) is 13.8. The van der Waals surface area contributed by atoms with Gasteiger partial charge in [0, 0.05) is 25.1 Å². The molecule has 0 aliphatic heterocycles. The van der Waals surface area contributed by atoms with Crippen LogP contribution in [0.3, 0.4) is 0 Å². The van der Waals surface area contributed by atoms with E-state index in [9.17, 15) is 14.4 Å². The predicted octanol–water partition coefficient (Wildman–Crippen LogP) is 6.16. The summed E-state index contributed by atoms with van der Waals surface area (Å²) in [6.07, 6.45) is 2.42. The van der Waals surface area contributed by atoms with Gasteiger partial charge >= 0.3 is 6.09 Å². The van der Waals surface area contributed by atoms with Gasteiger partial charge in [0.1, 0.15) is 6.61 Å². The minimum Gasteiger partial charge on any atom is -0.445 e. The first-order chi connectivity index (χ1) is 20.0. The number of rotatable bonds is 14. The van der Waals surface area contributed by atoms with Crippen molar-refractivity contribution >= 4 is 17.8 Å². The maximum Gasteiger partial charge on any atom is 0.407 e. The second-order valence-electron chi connectivity index (χ2n) is 9.95. The number of nitrogens with one attached hydrogen (secondary N) is 2. The quantitative estimate of drug-likeness (QED) is 0.181. The van der Waals surface area contributed by atoms with Crippen LogP contribution in [0.15, 0.2) is 102 Å². The Morgan fingerprint density at radius 2 is 1.46 bits per heavy atom. The molecule has 0 bridgehead atoms. The summed E-state index contributed by atoms with van der Waals surface area (Å²) in [6.45, 7) is 2.90. The van der Waals surface area contributed by atoms with Crippen molar-refractivity contribution in [2.45, 2.75) is 38.7 Å². The van der Waals surface area contributed by atoms with Crippen molar-refractivity contribution in [2.75, 3.05) is 13.1 Å². The number of oxazole rings is 1. The van der Waals surface area contributed by atoms with E-state index in [1.807, 2.05) is 97.9 Å². The molecule has 212 valence electrons. The Morgan fingerprint density at radius 3 is 2.17 bits per heavy atom. The number of hydrogen-bond donors (Lipinski definition) is 2. The number of nitrogens with zero attached hydrogens (tertiary/aromatic N) is 1. The minimum atomic E-state index is -0.512. The van der Waals surface area contributed by atoms with Gasteiger partial charge in [0.05, 0.1) is 12.1 Å². The monoisotopic (exact) mass is 553 g/mol. The van der Waals surface area contributed by atoms with E-state index in [0.717, 1.165) is 16.7 Å². The van der Waals surface area contributed by atoms with Gasteiger partial charge in [-0.25, -0.2) is 9.78 Å². The standard InChI is InChI=1S/C33H35N3O5/c1-24(17-19-35-33(39)40-23-25-11-5-2-6-12-25)21-30(37)34-20-18-28(26-13-7-3-8-14-26)31(38)32-36-22-29(41-32)27-15-9-4-10-16-27/h2-16,22,24,28H,17-21,23H2,1H3,(H,34,37)(H,35,39). The fraction of sp³-hybridized carbons (Fsp3) is 0.273. The van der Waals surface area contributed by atoms with Crippen LogP contribution in [0.5, 0.6) is 0 Å². The van der Waals surface area contributed by atoms with E-state index in [1.165, 1.54) is 0 Å². The van der Waals surface area contributed by atoms with Crippen molar-refractivity contribution in [3.63, 3.8) is 0 Å². The minimum absolute atomic E-state index is 0.0486. The summed E-state index contributed by atoms with van der Waals surface area (Å²) in [7, 11) is 0. The van der Waals surface area contributed by atoms with Crippen molar-refractivity contribution in [1.82, 2.24) is 15.6 Å². The molecule has 8 nitrogen and oxygen atoms in total. The molecule has 0 spiro atoms. The van der Waals surface area contributed by atoms with E-state index in [0.29, 0.717) is 38.1 Å². The highest BCUT2D eigenvalue weighted by Gasteiger charge is 2.26. The van der Waals surface area contributed by atoms with Crippen LogP contribution in [0, 0.1) is 5.92 Å². The van der Waals surface area contributed by atoms with E-state index in [-0.39, 0.29) is 30.1 Å². The van der Waals surface area contributed by atoms with Gasteiger partial charge < -0.3 is 19.8 Å². The molecule has 2 amide bonds. The van der Waals surface area contributed by atoms with Crippen LogP contribution in [0.1, 0.15) is 53.9 Å². The number of Topliss-reactive ketones (excluding diaryl/α,β-unsaturated/α-hetero) is 1. The van der Waals surface area contributed by atoms with Gasteiger partial charge in [0.2, 0.25) is 11.7 Å². The Bertz CT molecular complexity index is 1390. The van der Waals surface area contributed by atoms with Gasteiger partial charge in [0.15, 0.2) is 5.76 Å². The molecule has 2 N–H and O–H groups in total. The second-order valence-corrected chi connectivity index (χ2v) is 9.95. The van der Waals surface area contributed by atoms with E-state index in [2.05, 4.69) is 15.6 Å². The molecule has 4 aromatic rings. The molecule has 0 radical (unpaired) electrons. The molecule has 0 saturated carbocycles. The van der Waals surface area contributed by atoms with Gasteiger partial charge in [-0.15, -0.1) is 0 Å². The number of amides is 2. The van der Waals surface area contributed by atoms with E-state index >= 15 is 0 Å². The summed E-state index contributed by atoms with van der Waals surface area (Å²) in [6, 6.07) is 28.4. The van der Waals surface area contributed by atoms with Crippen LogP contribution in [0.25, 0.3) is 11.3 Å². The lowest BCUT2D eigenvalue weighted by Crippen LogP contribution is -2.30. The fourth-order valence-electron chi connectivity index (χ4n) is 4.45. The fourth-order valence-corrected chi connectivity index (χ4v) is 4.45. The summed E-state index contributed by atoms with van der Waals surface area (Å²) < 4.78 is 11.0. The van der Waals surface area contributed by atoms with Gasteiger partial charge in [-0.05, 0) is 29.9 Å². The first-order valence-electron chi connectivity index (χ1n) is 13.8. The van der Waals surface area contributed by atoms with Crippen LogP contribution < -0.4 is 10.6 Å². The molecule has 2 unspecified atom stereocenters. The maximum absolute atomic E-state index is 13.4. The number of hydrogen-bond acceptors (Lipinski definition) is 6. The Morgan fingerprint density at radius 1 is 0.829 bits per heavy atom. The third-order valence-electron chi connectivity index (χ3n) is 6.70. The molecule has 8 heteroatoms. The van der Waals surface area contributed by atoms with Crippen molar-refractivity contribution in [2.24, 2.45) is 5.92 Å². The summed E-state index contributed by atoms with van der Waals surface area (Å²) in [5.74, 6) is -0.214. The highest BCUT2D eigenvalue weighted by atomic mass is 16.5. The highest BCUT2D eigenvalue weighted by molar-refractivity contribution is 5.97. The largest absolute Gasteiger partial charge is 0.445 e. The topological polar surface area (TPSA) is 111 Å². The number of carbonyl (C=O) groups is 3. The second kappa shape index (κ2) is 15.2. The molecule has 3 aromatic carbocycles. The lowest BCUT2D eigenvalue weighted by Gasteiger charge is -2.16. The van der Waals surface area contributed by atoms with Crippen LogP contribution in [0.2, 0.25) is 0 Å². The zero-order valence-electron chi connectivity index (χ0n) is 23.1. The molecule has 0 fully saturated rings. The lowest BCUT2D eigenvalue weighted by molar-refractivity contribution is -0.121. The highest BCUT2D eigenvalue weighted by Crippen LogP contribution is 2.27. The molecule has 0 aliphatic carbocycles. The van der Waals surface area contributed by atoms with Gasteiger partial charge in [0.25, 0.3) is 5.89 Å². The number of benzene rings is 3. The normalized spacial score (nSPS) is 12.2. The Hall–Kier alpha value is -4.72. The summed E-state index contributed by atoms with van der Waals surface area (Å²) >= 11 is 0. The van der Waals surface area contributed by atoms with Crippen LogP contribution in [-0.2, 0) is 16.1 Å². The summed E-state index contributed by atoms with van der Waals surface area (Å²) in [4.78, 5) is 42.2. The van der Waals surface area contributed by atoms with E-state index in [1.54, 1.807) is 6.20 Å². The number of aromatic nitrogens is 1. The van der Waals surface area contributed by atoms with Crippen LogP contribution in [-0.4, -0.2) is 35.9 Å². The molecule has 1 heterocycles.